The number of nitrogens with one attached hydrogen (secondary N) is 1. The molecule has 0 saturated carbocycles. The van der Waals surface area contributed by atoms with Crippen LogP contribution in [0.5, 0.6) is 0 Å². The first-order valence-corrected chi connectivity index (χ1v) is 8.37. The molecule has 2 amide bonds. The zero-order chi connectivity index (χ0) is 16.4. The average Bonchev–Trinajstić information content (AvgIpc) is 2.63. The molecule has 0 spiro atoms. The summed E-state index contributed by atoms with van der Waals surface area (Å²) in [6.45, 7) is 2.37. The Morgan fingerprint density at radius 2 is 2.13 bits per heavy atom. The number of carbonyl (C=O) groups is 2. The van der Waals surface area contributed by atoms with E-state index in [4.69, 9.17) is 5.73 Å². The van der Waals surface area contributed by atoms with E-state index in [2.05, 4.69) is 29.3 Å². The lowest BCUT2D eigenvalue weighted by Gasteiger charge is -2.34. The first-order chi connectivity index (χ1) is 11.0. The van der Waals surface area contributed by atoms with E-state index >= 15 is 0 Å². The SMILES string of the molecule is C[C@]12C[C@@H](Cc3ccccc3)N(CC(N)=O)[C@H]1CCCC(=O)N2. The molecule has 3 N–H and O–H groups in total. The number of hydrogen-bond donors (Lipinski definition) is 2. The van der Waals surface area contributed by atoms with Crippen molar-refractivity contribution in [3.8, 4) is 0 Å². The largest absolute Gasteiger partial charge is 0.369 e. The maximum absolute atomic E-state index is 12.0. The van der Waals surface area contributed by atoms with Gasteiger partial charge in [0.2, 0.25) is 11.8 Å². The van der Waals surface area contributed by atoms with Crippen molar-refractivity contribution in [3.05, 3.63) is 35.9 Å². The van der Waals surface area contributed by atoms with Crippen LogP contribution in [-0.2, 0) is 16.0 Å². The zero-order valence-corrected chi connectivity index (χ0v) is 13.6. The Kier molecular flexibility index (Phi) is 4.39. The van der Waals surface area contributed by atoms with Gasteiger partial charge in [-0.25, -0.2) is 0 Å². The number of primary amides is 1. The molecule has 0 bridgehead atoms. The topological polar surface area (TPSA) is 75.4 Å². The fourth-order valence-corrected chi connectivity index (χ4v) is 4.31. The normalized spacial score (nSPS) is 31.3. The number of benzene rings is 1. The van der Waals surface area contributed by atoms with Crippen LogP contribution in [0.2, 0.25) is 0 Å². The summed E-state index contributed by atoms with van der Waals surface area (Å²) in [5.41, 5.74) is 6.46. The number of nitrogens with two attached hydrogens (primary N) is 1. The molecule has 2 aliphatic heterocycles. The second-order valence-electron chi connectivity index (χ2n) is 7.06. The lowest BCUT2D eigenvalue weighted by Crippen LogP contribution is -2.54. The zero-order valence-electron chi connectivity index (χ0n) is 13.6. The minimum atomic E-state index is -0.303. The van der Waals surface area contributed by atoms with Gasteiger partial charge in [-0.05, 0) is 38.2 Å². The van der Waals surface area contributed by atoms with E-state index in [0.29, 0.717) is 6.42 Å². The van der Waals surface area contributed by atoms with Gasteiger partial charge in [0.15, 0.2) is 0 Å². The van der Waals surface area contributed by atoms with E-state index < -0.39 is 0 Å². The molecule has 124 valence electrons. The third kappa shape index (κ3) is 3.39. The summed E-state index contributed by atoms with van der Waals surface area (Å²) in [6, 6.07) is 10.7. The van der Waals surface area contributed by atoms with E-state index in [1.807, 2.05) is 18.2 Å². The van der Waals surface area contributed by atoms with Crippen LogP contribution in [0.25, 0.3) is 0 Å². The van der Waals surface area contributed by atoms with E-state index in [-0.39, 0.29) is 36.0 Å². The molecule has 2 heterocycles. The van der Waals surface area contributed by atoms with Crippen molar-refractivity contribution in [1.82, 2.24) is 10.2 Å². The molecule has 2 aliphatic rings. The lowest BCUT2D eigenvalue weighted by atomic mass is 9.89. The number of rotatable bonds is 4. The van der Waals surface area contributed by atoms with Crippen LogP contribution in [0.4, 0.5) is 0 Å². The smallest absolute Gasteiger partial charge is 0.231 e. The highest BCUT2D eigenvalue weighted by molar-refractivity contribution is 5.78. The minimum Gasteiger partial charge on any atom is -0.369 e. The standard InChI is InChI=1S/C18H25N3O2/c1-18-11-14(10-13-6-3-2-4-7-13)21(12-16(19)22)15(18)8-5-9-17(23)20-18/h2-4,6-7,14-15H,5,8-12H2,1H3,(H2,19,22)(H,20,23)/t14-,15+,18+/m1/s1. The quantitative estimate of drug-likeness (QED) is 0.877. The van der Waals surface area contributed by atoms with Crippen molar-refractivity contribution in [2.45, 2.75) is 56.7 Å². The van der Waals surface area contributed by atoms with Gasteiger partial charge in [-0.2, -0.15) is 0 Å². The number of amides is 2. The Morgan fingerprint density at radius 3 is 2.83 bits per heavy atom. The summed E-state index contributed by atoms with van der Waals surface area (Å²) in [5.74, 6) is -0.183. The van der Waals surface area contributed by atoms with Crippen LogP contribution < -0.4 is 11.1 Å². The summed E-state index contributed by atoms with van der Waals surface area (Å²) < 4.78 is 0. The highest BCUT2D eigenvalue weighted by Crippen LogP contribution is 2.38. The average molecular weight is 315 g/mol. The van der Waals surface area contributed by atoms with Crippen molar-refractivity contribution in [2.24, 2.45) is 5.73 Å². The molecule has 0 unspecified atom stereocenters. The molecule has 5 heteroatoms. The fourth-order valence-electron chi connectivity index (χ4n) is 4.31. The molecule has 23 heavy (non-hydrogen) atoms. The van der Waals surface area contributed by atoms with E-state index in [0.717, 1.165) is 25.7 Å². The Bertz CT molecular complexity index is 589. The van der Waals surface area contributed by atoms with Gasteiger partial charge in [-0.3, -0.25) is 14.5 Å². The Morgan fingerprint density at radius 1 is 1.39 bits per heavy atom. The Labute approximate surface area is 137 Å². The second kappa shape index (κ2) is 6.32. The van der Waals surface area contributed by atoms with Crippen molar-refractivity contribution in [2.75, 3.05) is 6.54 Å². The molecule has 3 rings (SSSR count). The third-order valence-corrected chi connectivity index (χ3v) is 5.22. The van der Waals surface area contributed by atoms with E-state index in [1.165, 1.54) is 5.56 Å². The van der Waals surface area contributed by atoms with Crippen LogP contribution in [-0.4, -0.2) is 40.9 Å². The number of carbonyl (C=O) groups excluding carboxylic acids is 2. The second-order valence-corrected chi connectivity index (χ2v) is 7.06. The number of nitrogens with zero attached hydrogens (tertiary/aromatic N) is 1. The predicted octanol–water partition coefficient (Wildman–Crippen LogP) is 1.22. The van der Waals surface area contributed by atoms with Gasteiger partial charge in [-0.15, -0.1) is 0 Å². The van der Waals surface area contributed by atoms with E-state index in [1.54, 1.807) is 0 Å². The van der Waals surface area contributed by atoms with Gasteiger partial charge >= 0.3 is 0 Å². The van der Waals surface area contributed by atoms with Crippen molar-refractivity contribution in [3.63, 3.8) is 0 Å². The summed E-state index contributed by atoms with van der Waals surface area (Å²) >= 11 is 0. The predicted molar refractivity (Wildman–Crippen MR) is 88.6 cm³/mol. The molecule has 5 nitrogen and oxygen atoms in total. The maximum Gasteiger partial charge on any atom is 0.231 e. The van der Waals surface area contributed by atoms with Gasteiger partial charge in [0.1, 0.15) is 0 Å². The van der Waals surface area contributed by atoms with Crippen LogP contribution in [0, 0.1) is 0 Å². The monoisotopic (exact) mass is 315 g/mol. The fraction of sp³-hybridized carbons (Fsp3) is 0.556. The molecule has 1 aromatic rings. The number of likely N-dealkylation sites (tertiary alicyclic amines) is 1. The highest BCUT2D eigenvalue weighted by atomic mass is 16.2. The van der Waals surface area contributed by atoms with Crippen LogP contribution >= 0.6 is 0 Å². The van der Waals surface area contributed by atoms with Gasteiger partial charge in [-0.1, -0.05) is 30.3 Å². The van der Waals surface area contributed by atoms with Crippen molar-refractivity contribution < 1.29 is 9.59 Å². The molecular formula is C18H25N3O2. The Hall–Kier alpha value is -1.88. The summed E-state index contributed by atoms with van der Waals surface area (Å²) in [7, 11) is 0. The molecule has 2 saturated heterocycles. The van der Waals surface area contributed by atoms with Crippen LogP contribution in [0.3, 0.4) is 0 Å². The molecule has 0 aromatic heterocycles. The lowest BCUT2D eigenvalue weighted by molar-refractivity contribution is -0.122. The highest BCUT2D eigenvalue weighted by Gasteiger charge is 2.50. The summed E-state index contributed by atoms with van der Waals surface area (Å²) in [4.78, 5) is 25.8. The molecule has 2 fully saturated rings. The first kappa shape index (κ1) is 16.0. The van der Waals surface area contributed by atoms with Gasteiger partial charge < -0.3 is 11.1 Å². The van der Waals surface area contributed by atoms with Crippen LogP contribution in [0.1, 0.15) is 38.2 Å². The maximum atomic E-state index is 12.0. The molecule has 0 radical (unpaired) electrons. The molecule has 1 aromatic carbocycles. The molecular weight excluding hydrogens is 290 g/mol. The molecule has 3 atom stereocenters. The van der Waals surface area contributed by atoms with Crippen molar-refractivity contribution >= 4 is 11.8 Å². The van der Waals surface area contributed by atoms with Crippen LogP contribution in [0.15, 0.2) is 30.3 Å². The summed E-state index contributed by atoms with van der Waals surface area (Å²) in [5, 5.41) is 3.20. The first-order valence-electron chi connectivity index (χ1n) is 8.37. The van der Waals surface area contributed by atoms with Gasteiger partial charge in [0, 0.05) is 18.5 Å². The number of hydrogen-bond acceptors (Lipinski definition) is 3. The van der Waals surface area contributed by atoms with Gasteiger partial charge in [0.05, 0.1) is 12.1 Å². The van der Waals surface area contributed by atoms with E-state index in [9.17, 15) is 9.59 Å². The summed E-state index contributed by atoms with van der Waals surface area (Å²) in [6.07, 6.45) is 4.08. The van der Waals surface area contributed by atoms with Crippen molar-refractivity contribution in [1.29, 1.82) is 0 Å². The minimum absolute atomic E-state index is 0.120. The van der Waals surface area contributed by atoms with Gasteiger partial charge in [0.25, 0.3) is 0 Å². The third-order valence-electron chi connectivity index (χ3n) is 5.22. The number of fused-ring (bicyclic) bond motifs is 1. The Balaban J connectivity index is 1.86. The molecule has 0 aliphatic carbocycles.